The maximum absolute atomic E-state index is 5.76. The quantitative estimate of drug-likeness (QED) is 0.768. The molecule has 0 aromatic heterocycles. The van der Waals surface area contributed by atoms with Crippen molar-refractivity contribution in [2.24, 2.45) is 5.92 Å². The molecule has 0 bridgehead atoms. The Kier molecular flexibility index (Phi) is 4.01. The van der Waals surface area contributed by atoms with Crippen molar-refractivity contribution in [2.45, 2.75) is 33.6 Å². The molecule has 0 saturated heterocycles. The minimum Gasteiger partial charge on any atom is -0.493 e. The summed E-state index contributed by atoms with van der Waals surface area (Å²) in [6.45, 7) is 9.34. The highest BCUT2D eigenvalue weighted by atomic mass is 16.5. The number of hydrogen-bond donors (Lipinski definition) is 1. The molecule has 84 valence electrons. The van der Waals surface area contributed by atoms with E-state index in [1.807, 2.05) is 12.1 Å². The Bertz CT molecular complexity index is 318. The highest BCUT2D eigenvalue weighted by Gasteiger charge is 2.08. The fourth-order valence-corrected chi connectivity index (χ4v) is 1.41. The van der Waals surface area contributed by atoms with Gasteiger partial charge in [0, 0.05) is 11.8 Å². The third-order valence-corrected chi connectivity index (χ3v) is 2.23. The highest BCUT2D eigenvalue weighted by molar-refractivity contribution is 5.49. The van der Waals surface area contributed by atoms with Crippen LogP contribution in [-0.4, -0.2) is 6.61 Å². The van der Waals surface area contributed by atoms with Gasteiger partial charge in [-0.15, -0.1) is 0 Å². The third kappa shape index (κ3) is 3.46. The Labute approximate surface area is 92.4 Å². The van der Waals surface area contributed by atoms with Crippen molar-refractivity contribution >= 4 is 5.69 Å². The second-order valence-electron chi connectivity index (χ2n) is 4.66. The molecule has 0 fully saturated rings. The van der Waals surface area contributed by atoms with Crippen LogP contribution < -0.4 is 10.5 Å². The molecule has 1 aromatic carbocycles. The van der Waals surface area contributed by atoms with Crippen LogP contribution in [0.5, 0.6) is 5.75 Å². The number of benzene rings is 1. The van der Waals surface area contributed by atoms with Crippen LogP contribution >= 0.6 is 0 Å². The lowest BCUT2D eigenvalue weighted by Gasteiger charge is -2.15. The Morgan fingerprint density at radius 1 is 1.20 bits per heavy atom. The molecule has 0 radical (unpaired) electrons. The van der Waals surface area contributed by atoms with E-state index in [4.69, 9.17) is 10.5 Å². The first-order valence-corrected chi connectivity index (χ1v) is 5.53. The summed E-state index contributed by atoms with van der Waals surface area (Å²) in [5, 5.41) is 0. The van der Waals surface area contributed by atoms with Gasteiger partial charge >= 0.3 is 0 Å². The Morgan fingerprint density at radius 3 is 2.40 bits per heavy atom. The standard InChI is InChI=1S/C13H21NO/c1-9(2)8-15-13-7-11(14)5-6-12(13)10(3)4/h5-7,9-10H,8,14H2,1-4H3. The van der Waals surface area contributed by atoms with Gasteiger partial charge in [-0.1, -0.05) is 33.8 Å². The molecule has 0 saturated carbocycles. The van der Waals surface area contributed by atoms with Crippen LogP contribution in [0, 0.1) is 5.92 Å². The van der Waals surface area contributed by atoms with Crippen molar-refractivity contribution in [1.29, 1.82) is 0 Å². The number of rotatable bonds is 4. The summed E-state index contributed by atoms with van der Waals surface area (Å²) in [7, 11) is 0. The molecular weight excluding hydrogens is 186 g/mol. The number of nitrogen functional groups attached to an aromatic ring is 1. The molecule has 0 unspecified atom stereocenters. The van der Waals surface area contributed by atoms with Crippen molar-refractivity contribution < 1.29 is 4.74 Å². The predicted octanol–water partition coefficient (Wildman–Crippen LogP) is 3.43. The molecule has 0 aliphatic rings. The van der Waals surface area contributed by atoms with E-state index in [9.17, 15) is 0 Å². The Morgan fingerprint density at radius 2 is 1.87 bits per heavy atom. The minimum absolute atomic E-state index is 0.466. The van der Waals surface area contributed by atoms with Crippen LogP contribution in [0.1, 0.15) is 39.2 Å². The van der Waals surface area contributed by atoms with Gasteiger partial charge in [0.25, 0.3) is 0 Å². The maximum atomic E-state index is 5.76. The third-order valence-electron chi connectivity index (χ3n) is 2.23. The highest BCUT2D eigenvalue weighted by Crippen LogP contribution is 2.28. The van der Waals surface area contributed by atoms with Gasteiger partial charge in [0.2, 0.25) is 0 Å². The van der Waals surface area contributed by atoms with E-state index in [2.05, 4.69) is 33.8 Å². The lowest BCUT2D eigenvalue weighted by molar-refractivity contribution is 0.268. The van der Waals surface area contributed by atoms with Crippen LogP contribution in [0.3, 0.4) is 0 Å². The normalized spacial score (nSPS) is 11.1. The first-order valence-electron chi connectivity index (χ1n) is 5.53. The SMILES string of the molecule is CC(C)COc1cc(N)ccc1C(C)C. The van der Waals surface area contributed by atoms with Crippen LogP contribution in [0.4, 0.5) is 5.69 Å². The first kappa shape index (κ1) is 11.9. The second kappa shape index (κ2) is 5.06. The predicted molar refractivity (Wildman–Crippen MR) is 65.3 cm³/mol. The van der Waals surface area contributed by atoms with E-state index < -0.39 is 0 Å². The average Bonchev–Trinajstić information content (AvgIpc) is 2.14. The van der Waals surface area contributed by atoms with Gasteiger partial charge in [-0.25, -0.2) is 0 Å². The first-order chi connectivity index (χ1) is 7.00. The van der Waals surface area contributed by atoms with Gasteiger partial charge in [0.1, 0.15) is 5.75 Å². The van der Waals surface area contributed by atoms with E-state index in [1.54, 1.807) is 0 Å². The molecule has 2 nitrogen and oxygen atoms in total. The minimum atomic E-state index is 0.466. The molecule has 0 amide bonds. The summed E-state index contributed by atoms with van der Waals surface area (Å²) in [5.74, 6) is 1.93. The summed E-state index contributed by atoms with van der Waals surface area (Å²) < 4.78 is 5.76. The van der Waals surface area contributed by atoms with Crippen LogP contribution in [0.15, 0.2) is 18.2 Å². The molecule has 1 aromatic rings. The molecule has 0 heterocycles. The summed E-state index contributed by atoms with van der Waals surface area (Å²) >= 11 is 0. The lowest BCUT2D eigenvalue weighted by atomic mass is 10.0. The number of nitrogens with two attached hydrogens (primary N) is 1. The fraction of sp³-hybridized carbons (Fsp3) is 0.538. The molecule has 0 aliphatic carbocycles. The summed E-state index contributed by atoms with van der Waals surface area (Å²) in [6.07, 6.45) is 0. The van der Waals surface area contributed by atoms with Gasteiger partial charge in [-0.3, -0.25) is 0 Å². The summed E-state index contributed by atoms with van der Waals surface area (Å²) in [5.41, 5.74) is 7.74. The van der Waals surface area contributed by atoms with Crippen molar-refractivity contribution in [3.05, 3.63) is 23.8 Å². The zero-order valence-corrected chi connectivity index (χ0v) is 10.1. The van der Waals surface area contributed by atoms with Gasteiger partial charge < -0.3 is 10.5 Å². The molecule has 2 N–H and O–H groups in total. The van der Waals surface area contributed by atoms with E-state index in [1.165, 1.54) is 5.56 Å². The molecule has 2 heteroatoms. The largest absolute Gasteiger partial charge is 0.493 e. The molecule has 0 aliphatic heterocycles. The van der Waals surface area contributed by atoms with Crippen LogP contribution in [0.25, 0.3) is 0 Å². The van der Waals surface area contributed by atoms with E-state index in [-0.39, 0.29) is 0 Å². The van der Waals surface area contributed by atoms with E-state index in [0.717, 1.165) is 18.0 Å². The van der Waals surface area contributed by atoms with Gasteiger partial charge in [-0.05, 0) is 23.5 Å². The fourth-order valence-electron chi connectivity index (χ4n) is 1.41. The maximum Gasteiger partial charge on any atom is 0.124 e. The monoisotopic (exact) mass is 207 g/mol. The Balaban J connectivity index is 2.87. The zero-order chi connectivity index (χ0) is 11.4. The molecule has 1 rings (SSSR count). The van der Waals surface area contributed by atoms with Gasteiger partial charge in [0.05, 0.1) is 6.61 Å². The Hall–Kier alpha value is -1.18. The van der Waals surface area contributed by atoms with E-state index >= 15 is 0 Å². The number of hydrogen-bond acceptors (Lipinski definition) is 2. The van der Waals surface area contributed by atoms with Crippen molar-refractivity contribution in [3.63, 3.8) is 0 Å². The van der Waals surface area contributed by atoms with Crippen LogP contribution in [0.2, 0.25) is 0 Å². The van der Waals surface area contributed by atoms with E-state index in [0.29, 0.717) is 11.8 Å². The molecule has 0 atom stereocenters. The van der Waals surface area contributed by atoms with Crippen molar-refractivity contribution in [3.8, 4) is 5.75 Å². The van der Waals surface area contributed by atoms with Gasteiger partial charge in [-0.2, -0.15) is 0 Å². The number of ether oxygens (including phenoxy) is 1. The lowest BCUT2D eigenvalue weighted by Crippen LogP contribution is -2.07. The zero-order valence-electron chi connectivity index (χ0n) is 10.1. The molecule has 0 spiro atoms. The molecular formula is C13H21NO. The second-order valence-corrected chi connectivity index (χ2v) is 4.66. The topological polar surface area (TPSA) is 35.2 Å². The average molecular weight is 207 g/mol. The smallest absolute Gasteiger partial charge is 0.124 e. The van der Waals surface area contributed by atoms with Crippen LogP contribution in [-0.2, 0) is 0 Å². The number of anilines is 1. The summed E-state index contributed by atoms with van der Waals surface area (Å²) in [6, 6.07) is 5.89. The van der Waals surface area contributed by atoms with Crippen molar-refractivity contribution in [2.75, 3.05) is 12.3 Å². The van der Waals surface area contributed by atoms with Crippen molar-refractivity contribution in [1.82, 2.24) is 0 Å². The molecule has 15 heavy (non-hydrogen) atoms. The summed E-state index contributed by atoms with van der Waals surface area (Å²) in [4.78, 5) is 0. The van der Waals surface area contributed by atoms with Gasteiger partial charge in [0.15, 0.2) is 0 Å².